The Labute approximate surface area is 266 Å². The monoisotopic (exact) mass is 662 g/mol. The molecule has 7 N–H and O–H groups in total. The van der Waals surface area contributed by atoms with Crippen molar-refractivity contribution in [2.45, 2.75) is 134 Å². The summed E-state index contributed by atoms with van der Waals surface area (Å²) in [5.41, 5.74) is -1.90. The first kappa shape index (κ1) is 35.6. The number of fused-ring (bicyclic) bond motifs is 5. The summed E-state index contributed by atoms with van der Waals surface area (Å²) in [7, 11) is -4.86. The summed E-state index contributed by atoms with van der Waals surface area (Å²) >= 11 is 0. The van der Waals surface area contributed by atoms with Gasteiger partial charge in [0.1, 0.15) is 18.3 Å². The molecule has 16 atom stereocenters. The SMILES string of the molecule is CC(C)[C@H](/C=C/[C@@H](C)C1CC(O)C2C1(C)CCC1C3(C)CC[C@H](O)CC3[C@@H](O)C[C@]12O)OC1OCC(OS(=O)(=O)O)C(O)C1O. The third-order valence-corrected chi connectivity index (χ3v) is 13.1. The number of aliphatic hydroxyl groups excluding tert-OH is 5. The molecule has 13 heteroatoms. The minimum Gasteiger partial charge on any atom is -0.393 e. The number of rotatable bonds is 8. The number of allylic oxidation sites excluding steroid dienone is 1. The van der Waals surface area contributed by atoms with Crippen molar-refractivity contribution in [2.24, 2.45) is 46.3 Å². The summed E-state index contributed by atoms with van der Waals surface area (Å²) in [6.45, 7) is 9.83. The lowest BCUT2D eigenvalue weighted by Gasteiger charge is -2.66. The number of hydrogen-bond donors (Lipinski definition) is 7. The van der Waals surface area contributed by atoms with E-state index < -0.39 is 77.5 Å². The van der Waals surface area contributed by atoms with Gasteiger partial charge >= 0.3 is 10.4 Å². The lowest BCUT2D eigenvalue weighted by Crippen LogP contribution is -2.68. The normalized spacial score (nSPS) is 50.2. The zero-order chi connectivity index (χ0) is 33.3. The average molecular weight is 663 g/mol. The molecule has 45 heavy (non-hydrogen) atoms. The first-order valence-electron chi connectivity index (χ1n) is 16.6. The van der Waals surface area contributed by atoms with Crippen LogP contribution in [-0.2, 0) is 24.1 Å². The van der Waals surface area contributed by atoms with Crippen molar-refractivity contribution in [3.63, 3.8) is 0 Å². The molecule has 0 radical (unpaired) electrons. The Bertz CT molecular complexity index is 1200. The molecule has 1 saturated heterocycles. The number of ether oxygens (including phenoxy) is 2. The molecule has 4 aliphatic carbocycles. The van der Waals surface area contributed by atoms with Gasteiger partial charge in [-0.3, -0.25) is 4.55 Å². The molecule has 0 aromatic carbocycles. The van der Waals surface area contributed by atoms with Gasteiger partial charge in [0.25, 0.3) is 0 Å². The highest BCUT2D eigenvalue weighted by molar-refractivity contribution is 7.80. The average Bonchev–Trinajstić information content (AvgIpc) is 3.21. The van der Waals surface area contributed by atoms with Crippen LogP contribution < -0.4 is 0 Å². The Balaban J connectivity index is 1.30. The molecule has 0 aromatic heterocycles. The van der Waals surface area contributed by atoms with Crippen molar-refractivity contribution in [3.8, 4) is 0 Å². The minimum atomic E-state index is -4.86. The van der Waals surface area contributed by atoms with Gasteiger partial charge in [-0.25, -0.2) is 4.18 Å². The van der Waals surface area contributed by atoms with E-state index in [9.17, 15) is 39.1 Å². The predicted molar refractivity (Wildman–Crippen MR) is 162 cm³/mol. The highest BCUT2D eigenvalue weighted by atomic mass is 32.3. The van der Waals surface area contributed by atoms with Gasteiger partial charge in [0.15, 0.2) is 6.29 Å². The Morgan fingerprint density at radius 2 is 1.58 bits per heavy atom. The smallest absolute Gasteiger partial charge is 0.393 e. The standard InChI is InChI=1S/C32H54O12S/c1-16(2)23(43-29-27(37)26(36)24(15-42-29)44-45(39,40)41)7-6-17(3)19-13-21(34)28-31(19,5)11-9-25-30(4)10-8-18(33)12-20(30)22(35)14-32(25,28)38/h6-7,16-29,33-38H,8-15H2,1-5H3,(H,39,40,41)/b7-6+/t17-,18+,19?,20?,21?,22+,23+,24?,25?,26?,27?,28?,29?,30?,31?,32+/m1/s1. The molecular weight excluding hydrogens is 608 g/mol. The molecule has 0 aromatic rings. The molecule has 11 unspecified atom stereocenters. The summed E-state index contributed by atoms with van der Waals surface area (Å²) in [5, 5.41) is 66.7. The summed E-state index contributed by atoms with van der Waals surface area (Å²) in [6.07, 6.45) is -0.319. The summed E-state index contributed by atoms with van der Waals surface area (Å²) in [6, 6.07) is 0. The van der Waals surface area contributed by atoms with Crippen molar-refractivity contribution in [1.29, 1.82) is 0 Å². The van der Waals surface area contributed by atoms with Crippen molar-refractivity contribution >= 4 is 10.4 Å². The maximum atomic E-state index is 12.5. The van der Waals surface area contributed by atoms with Crippen LogP contribution in [0.5, 0.6) is 0 Å². The van der Waals surface area contributed by atoms with Crippen LogP contribution in [0.2, 0.25) is 0 Å². The summed E-state index contributed by atoms with van der Waals surface area (Å²) < 4.78 is 47.0. The molecule has 5 rings (SSSR count). The molecule has 5 aliphatic rings. The van der Waals surface area contributed by atoms with Crippen LogP contribution in [0.1, 0.15) is 79.6 Å². The highest BCUT2D eigenvalue weighted by Crippen LogP contribution is 2.69. The molecule has 12 nitrogen and oxygen atoms in total. The van der Waals surface area contributed by atoms with Crippen LogP contribution in [0.3, 0.4) is 0 Å². The molecule has 0 bridgehead atoms. The zero-order valence-electron chi connectivity index (χ0n) is 27.0. The Kier molecular flexibility index (Phi) is 9.99. The van der Waals surface area contributed by atoms with Gasteiger partial charge in [0.05, 0.1) is 36.6 Å². The Hall–Kier alpha value is -0.710. The van der Waals surface area contributed by atoms with E-state index in [1.165, 1.54) is 0 Å². The van der Waals surface area contributed by atoms with Crippen LogP contribution in [-0.4, -0.2) is 105 Å². The lowest BCUT2D eigenvalue weighted by molar-refractivity contribution is -0.277. The molecule has 260 valence electrons. The van der Waals surface area contributed by atoms with Crippen LogP contribution in [0.15, 0.2) is 12.2 Å². The predicted octanol–water partition coefficient (Wildman–Crippen LogP) is 1.56. The molecule has 0 spiro atoms. The maximum Gasteiger partial charge on any atom is 0.397 e. The summed E-state index contributed by atoms with van der Waals surface area (Å²) in [5.74, 6) is -0.578. The Morgan fingerprint density at radius 3 is 2.22 bits per heavy atom. The van der Waals surface area contributed by atoms with Gasteiger partial charge in [-0.15, -0.1) is 0 Å². The third kappa shape index (κ3) is 6.41. The second-order valence-corrected chi connectivity index (χ2v) is 16.7. The van der Waals surface area contributed by atoms with E-state index in [1.807, 2.05) is 26.0 Å². The largest absolute Gasteiger partial charge is 0.397 e. The number of hydrogen-bond acceptors (Lipinski definition) is 11. The zero-order valence-corrected chi connectivity index (χ0v) is 27.8. The topological polar surface area (TPSA) is 203 Å². The van der Waals surface area contributed by atoms with E-state index in [0.29, 0.717) is 19.3 Å². The van der Waals surface area contributed by atoms with Gasteiger partial charge in [-0.2, -0.15) is 8.42 Å². The Morgan fingerprint density at radius 1 is 0.911 bits per heavy atom. The van der Waals surface area contributed by atoms with Gasteiger partial charge in [0.2, 0.25) is 0 Å². The van der Waals surface area contributed by atoms with Crippen LogP contribution >= 0.6 is 0 Å². The van der Waals surface area contributed by atoms with Crippen molar-refractivity contribution in [3.05, 3.63) is 12.2 Å². The second-order valence-electron chi connectivity index (χ2n) is 15.6. The van der Waals surface area contributed by atoms with E-state index in [4.69, 9.17) is 14.0 Å². The fourth-order valence-corrected chi connectivity index (χ4v) is 10.9. The van der Waals surface area contributed by atoms with E-state index in [-0.39, 0.29) is 46.8 Å². The maximum absolute atomic E-state index is 12.5. The molecule has 1 heterocycles. The highest BCUT2D eigenvalue weighted by Gasteiger charge is 2.70. The first-order chi connectivity index (χ1) is 20.8. The van der Waals surface area contributed by atoms with Crippen molar-refractivity contribution in [1.82, 2.24) is 0 Å². The molecule has 0 amide bonds. The minimum absolute atomic E-state index is 0.0170. The fraction of sp³-hybridized carbons (Fsp3) is 0.938. The quantitative estimate of drug-likeness (QED) is 0.146. The van der Waals surface area contributed by atoms with E-state index in [2.05, 4.69) is 25.0 Å². The molecule has 5 fully saturated rings. The lowest BCUT2D eigenvalue weighted by atomic mass is 9.42. The third-order valence-electron chi connectivity index (χ3n) is 12.6. The number of aliphatic hydroxyl groups is 6. The van der Waals surface area contributed by atoms with E-state index in [1.54, 1.807) is 0 Å². The van der Waals surface area contributed by atoms with Gasteiger partial charge < -0.3 is 40.1 Å². The molecule has 1 aliphatic heterocycles. The first-order valence-corrected chi connectivity index (χ1v) is 17.9. The van der Waals surface area contributed by atoms with Gasteiger partial charge in [0, 0.05) is 12.3 Å². The van der Waals surface area contributed by atoms with Gasteiger partial charge in [-0.1, -0.05) is 46.8 Å². The van der Waals surface area contributed by atoms with E-state index in [0.717, 1.165) is 19.3 Å². The van der Waals surface area contributed by atoms with Gasteiger partial charge in [-0.05, 0) is 78.9 Å². The van der Waals surface area contributed by atoms with Crippen LogP contribution in [0.25, 0.3) is 0 Å². The van der Waals surface area contributed by atoms with Crippen LogP contribution in [0.4, 0.5) is 0 Å². The molecule has 4 saturated carbocycles. The fourth-order valence-electron chi connectivity index (χ4n) is 10.5. The van der Waals surface area contributed by atoms with E-state index >= 15 is 0 Å². The second kappa shape index (κ2) is 12.6. The van der Waals surface area contributed by atoms with Crippen molar-refractivity contribution in [2.75, 3.05) is 6.61 Å². The molecular formula is C32H54O12S. The van der Waals surface area contributed by atoms with Crippen molar-refractivity contribution < 1.29 is 57.3 Å². The summed E-state index contributed by atoms with van der Waals surface area (Å²) in [4.78, 5) is 0. The van der Waals surface area contributed by atoms with Crippen LogP contribution in [0, 0.1) is 46.3 Å².